The fraction of sp³-hybridized carbons (Fsp3) is 0.319. The zero-order valence-corrected chi connectivity index (χ0v) is 34.5. The molecule has 0 radical (unpaired) electrons. The highest BCUT2D eigenvalue weighted by Gasteiger charge is 2.45. The van der Waals surface area contributed by atoms with Crippen LogP contribution in [0.5, 0.6) is 0 Å². The van der Waals surface area contributed by atoms with Crippen LogP contribution in [0.3, 0.4) is 0 Å². The van der Waals surface area contributed by atoms with Crippen LogP contribution in [-0.2, 0) is 16.1 Å². The molecule has 1 atom stereocenters. The van der Waals surface area contributed by atoms with Crippen molar-refractivity contribution in [3.05, 3.63) is 125 Å². The van der Waals surface area contributed by atoms with Crippen LogP contribution in [0, 0.1) is 12.8 Å². The Bertz CT molecular complexity index is 2520. The van der Waals surface area contributed by atoms with E-state index in [2.05, 4.69) is 45.6 Å². The summed E-state index contributed by atoms with van der Waals surface area (Å²) in [7, 11) is 0. The molecule has 0 aliphatic carbocycles. The Labute approximate surface area is 359 Å². The maximum Gasteiger partial charge on any atom is 0.262 e. The molecule has 0 saturated carbocycles. The highest BCUT2D eigenvalue weighted by atomic mass is 16.2. The predicted molar refractivity (Wildman–Crippen MR) is 234 cm³/mol. The molecule has 1 unspecified atom stereocenters. The molecule has 15 heteroatoms. The standard InChI is InChI=1S/C47H48N10O5/c1-30-4-9-35(25-40(30)52-47-49-18-14-39(51-47)34-3-2-17-48-27-34)50-43(59)33-7-5-31(6-8-33)28-54-19-15-32(16-20-54)29-55-21-23-56(24-22-55)36-10-11-37-38(26-36)46(62)57(45(37)61)41-12-13-42(58)53-44(41)60/h2-11,14,17-18,25-27,32,41H,12-13,15-16,19-24,28-29H2,1H3,(H,50,59)(H,49,51,52)(H,53,58,60). The number of hydrogen-bond donors (Lipinski definition) is 3. The number of anilines is 4. The molecule has 9 rings (SSSR count). The second-order valence-electron chi connectivity index (χ2n) is 16.5. The number of imide groups is 2. The summed E-state index contributed by atoms with van der Waals surface area (Å²) in [5.41, 5.74) is 7.36. The predicted octanol–water partition coefficient (Wildman–Crippen LogP) is 5.28. The molecule has 0 bridgehead atoms. The minimum Gasteiger partial charge on any atom is -0.369 e. The Morgan fingerprint density at radius 3 is 2.35 bits per heavy atom. The van der Waals surface area contributed by atoms with E-state index < -0.39 is 23.8 Å². The fourth-order valence-corrected chi connectivity index (χ4v) is 8.81. The highest BCUT2D eigenvalue weighted by Crippen LogP contribution is 2.32. The van der Waals surface area contributed by atoms with Crippen molar-refractivity contribution in [2.24, 2.45) is 5.92 Å². The third kappa shape index (κ3) is 8.81. The number of rotatable bonds is 11. The van der Waals surface area contributed by atoms with E-state index in [0.29, 0.717) is 34.2 Å². The third-order valence-electron chi connectivity index (χ3n) is 12.4. The van der Waals surface area contributed by atoms with Crippen molar-refractivity contribution in [2.75, 3.05) is 61.3 Å². The number of carbonyl (C=O) groups excluding carboxylic acids is 5. The number of fused-ring (bicyclic) bond motifs is 1. The van der Waals surface area contributed by atoms with Gasteiger partial charge in [-0.1, -0.05) is 18.2 Å². The summed E-state index contributed by atoms with van der Waals surface area (Å²) in [6.45, 7) is 9.36. The van der Waals surface area contributed by atoms with Crippen molar-refractivity contribution in [2.45, 2.75) is 45.2 Å². The zero-order chi connectivity index (χ0) is 42.7. The molecule has 4 aliphatic heterocycles. The van der Waals surface area contributed by atoms with Gasteiger partial charge in [-0.3, -0.25) is 49.0 Å². The van der Waals surface area contributed by atoms with E-state index in [-0.39, 0.29) is 24.7 Å². The van der Waals surface area contributed by atoms with Crippen LogP contribution in [0.1, 0.15) is 67.9 Å². The van der Waals surface area contributed by atoms with Crippen molar-refractivity contribution in [1.29, 1.82) is 0 Å². The van der Waals surface area contributed by atoms with E-state index in [1.165, 1.54) is 5.56 Å². The van der Waals surface area contributed by atoms with E-state index in [1.54, 1.807) is 30.7 Å². The Morgan fingerprint density at radius 1 is 0.806 bits per heavy atom. The third-order valence-corrected chi connectivity index (χ3v) is 12.4. The number of nitrogens with one attached hydrogen (secondary N) is 3. The Hall–Kier alpha value is -6.84. The van der Waals surface area contributed by atoms with Gasteiger partial charge in [0, 0.05) is 92.5 Å². The molecular weight excluding hydrogens is 785 g/mol. The fourth-order valence-electron chi connectivity index (χ4n) is 8.81. The summed E-state index contributed by atoms with van der Waals surface area (Å²) in [4.78, 5) is 85.3. The Kier molecular flexibility index (Phi) is 11.5. The van der Waals surface area contributed by atoms with Crippen molar-refractivity contribution in [3.63, 3.8) is 0 Å². The largest absolute Gasteiger partial charge is 0.369 e. The SMILES string of the molecule is Cc1ccc(NC(=O)c2ccc(CN3CCC(CN4CCN(c5ccc6c(c5)C(=O)N(C5CCC(=O)NC5=O)C6=O)CC4)CC3)cc2)cc1Nc1nccc(-c2cccnc2)n1. The van der Waals surface area contributed by atoms with Crippen LogP contribution in [0.4, 0.5) is 23.0 Å². The number of likely N-dealkylation sites (tertiary alicyclic amines) is 1. The molecule has 4 aliphatic rings. The maximum atomic E-state index is 13.3. The lowest BCUT2D eigenvalue weighted by Gasteiger charge is -2.39. The molecule has 3 N–H and O–H groups in total. The van der Waals surface area contributed by atoms with Crippen LogP contribution in [0.2, 0.25) is 0 Å². The normalized spacial score (nSPS) is 18.8. The van der Waals surface area contributed by atoms with E-state index in [0.717, 1.165) is 98.3 Å². The lowest BCUT2D eigenvalue weighted by atomic mass is 9.95. The van der Waals surface area contributed by atoms with Gasteiger partial charge < -0.3 is 15.5 Å². The van der Waals surface area contributed by atoms with Crippen LogP contribution >= 0.6 is 0 Å². The molecule has 3 saturated heterocycles. The summed E-state index contributed by atoms with van der Waals surface area (Å²) < 4.78 is 0. The molecule has 3 fully saturated rings. The van der Waals surface area contributed by atoms with Crippen LogP contribution < -0.4 is 20.9 Å². The number of pyridine rings is 1. The van der Waals surface area contributed by atoms with Crippen molar-refractivity contribution >= 4 is 52.5 Å². The number of aromatic nitrogens is 3. The molecule has 3 aromatic carbocycles. The number of piperidine rings is 2. The number of nitrogens with zero attached hydrogens (tertiary/aromatic N) is 7. The molecule has 5 amide bonds. The summed E-state index contributed by atoms with van der Waals surface area (Å²) in [5.74, 6) is -1.07. The van der Waals surface area contributed by atoms with E-state index in [4.69, 9.17) is 0 Å². The molecule has 2 aromatic heterocycles. The summed E-state index contributed by atoms with van der Waals surface area (Å²) in [5, 5.41) is 8.58. The average molecular weight is 833 g/mol. The molecule has 15 nitrogen and oxygen atoms in total. The van der Waals surface area contributed by atoms with Gasteiger partial charge in [-0.15, -0.1) is 0 Å². The van der Waals surface area contributed by atoms with Gasteiger partial charge in [0.1, 0.15) is 6.04 Å². The first-order chi connectivity index (χ1) is 30.1. The molecule has 0 spiro atoms. The van der Waals surface area contributed by atoms with Crippen molar-refractivity contribution in [3.8, 4) is 11.3 Å². The Morgan fingerprint density at radius 2 is 1.60 bits per heavy atom. The molecule has 62 heavy (non-hydrogen) atoms. The molecule has 316 valence electrons. The number of hydrogen-bond acceptors (Lipinski definition) is 12. The molecule has 5 aromatic rings. The lowest BCUT2D eigenvalue weighted by molar-refractivity contribution is -0.136. The van der Waals surface area contributed by atoms with Crippen LogP contribution in [-0.4, -0.2) is 111 Å². The lowest BCUT2D eigenvalue weighted by Crippen LogP contribution is -2.54. The summed E-state index contributed by atoms with van der Waals surface area (Å²) in [6.07, 6.45) is 7.67. The van der Waals surface area contributed by atoms with E-state index in [9.17, 15) is 24.0 Å². The number of piperazine rings is 1. The Balaban J connectivity index is 0.716. The highest BCUT2D eigenvalue weighted by molar-refractivity contribution is 6.23. The first-order valence-corrected chi connectivity index (χ1v) is 21.2. The number of carbonyl (C=O) groups is 5. The van der Waals surface area contributed by atoms with Gasteiger partial charge >= 0.3 is 0 Å². The topological polar surface area (TPSA) is 173 Å². The number of amides is 5. The van der Waals surface area contributed by atoms with Gasteiger partial charge in [-0.05, 0) is 117 Å². The van der Waals surface area contributed by atoms with Gasteiger partial charge in [0.15, 0.2) is 0 Å². The van der Waals surface area contributed by atoms with Crippen molar-refractivity contribution in [1.82, 2.24) is 35.0 Å². The second kappa shape index (κ2) is 17.6. The minimum absolute atomic E-state index is 0.0936. The van der Waals surface area contributed by atoms with E-state index in [1.807, 2.05) is 73.7 Å². The minimum atomic E-state index is -0.971. The molecule has 6 heterocycles. The van der Waals surface area contributed by atoms with Gasteiger partial charge in [0.25, 0.3) is 17.7 Å². The van der Waals surface area contributed by atoms with Crippen molar-refractivity contribution < 1.29 is 24.0 Å². The van der Waals surface area contributed by atoms with Crippen LogP contribution in [0.25, 0.3) is 11.3 Å². The average Bonchev–Trinajstić information content (AvgIpc) is 3.54. The van der Waals surface area contributed by atoms with Gasteiger partial charge in [-0.25, -0.2) is 9.97 Å². The first-order valence-electron chi connectivity index (χ1n) is 21.2. The summed E-state index contributed by atoms with van der Waals surface area (Å²) in [6, 6.07) is 23.6. The first kappa shape index (κ1) is 40.6. The maximum absolute atomic E-state index is 13.3. The van der Waals surface area contributed by atoms with Gasteiger partial charge in [-0.2, -0.15) is 0 Å². The second-order valence-corrected chi connectivity index (χ2v) is 16.5. The number of benzene rings is 3. The van der Waals surface area contributed by atoms with Crippen LogP contribution in [0.15, 0.2) is 97.5 Å². The summed E-state index contributed by atoms with van der Waals surface area (Å²) >= 11 is 0. The van der Waals surface area contributed by atoms with E-state index >= 15 is 0 Å². The zero-order valence-electron chi connectivity index (χ0n) is 34.5. The number of aryl methyl sites for hydroxylation is 1. The quantitative estimate of drug-likeness (QED) is 0.147. The monoisotopic (exact) mass is 832 g/mol. The van der Waals surface area contributed by atoms with Gasteiger partial charge in [0.2, 0.25) is 17.8 Å². The smallest absolute Gasteiger partial charge is 0.262 e. The molecular formula is C47H48N10O5. The van der Waals surface area contributed by atoms with Gasteiger partial charge in [0.05, 0.1) is 16.8 Å².